The number of halogens is 1. The number of benzene rings is 2. The summed E-state index contributed by atoms with van der Waals surface area (Å²) in [4.78, 5) is 26.7. The van der Waals surface area contributed by atoms with E-state index in [-0.39, 0.29) is 15.5 Å². The minimum Gasteiger partial charge on any atom is -0.449 e. The van der Waals surface area contributed by atoms with Crippen LogP contribution in [0.4, 0.5) is 5.69 Å². The number of carbonyl (C=O) groups is 2. The Morgan fingerprint density at radius 3 is 2.28 bits per heavy atom. The van der Waals surface area contributed by atoms with Crippen LogP contribution in [0.15, 0.2) is 53.4 Å². The molecule has 2 aromatic carbocycles. The zero-order valence-corrected chi connectivity index (χ0v) is 18.2. The van der Waals surface area contributed by atoms with E-state index in [1.165, 1.54) is 38.1 Å². The Hall–Kier alpha value is -2.42. The van der Waals surface area contributed by atoms with Gasteiger partial charge in [0.05, 0.1) is 15.5 Å². The minimum atomic E-state index is -3.76. The summed E-state index contributed by atoms with van der Waals surface area (Å²) in [5.74, 6) is -1.28. The van der Waals surface area contributed by atoms with Crippen LogP contribution < -0.4 is 4.90 Å². The molecule has 1 atom stereocenters. The van der Waals surface area contributed by atoms with Gasteiger partial charge in [0.25, 0.3) is 5.91 Å². The van der Waals surface area contributed by atoms with E-state index in [0.717, 1.165) is 10.4 Å². The van der Waals surface area contributed by atoms with Gasteiger partial charge in [-0.25, -0.2) is 17.5 Å². The highest BCUT2D eigenvalue weighted by Crippen LogP contribution is 2.24. The van der Waals surface area contributed by atoms with Gasteiger partial charge in [0.15, 0.2) is 6.10 Å². The zero-order chi connectivity index (χ0) is 21.8. The fourth-order valence-corrected chi connectivity index (χ4v) is 3.72. The van der Waals surface area contributed by atoms with Gasteiger partial charge in [-0.15, -0.1) is 0 Å². The molecule has 0 heterocycles. The van der Waals surface area contributed by atoms with E-state index in [1.54, 1.807) is 24.3 Å². The van der Waals surface area contributed by atoms with Crippen molar-refractivity contribution in [3.8, 4) is 0 Å². The van der Waals surface area contributed by atoms with Crippen LogP contribution in [0.3, 0.4) is 0 Å². The molecule has 0 spiro atoms. The quantitative estimate of drug-likeness (QED) is 0.620. The molecule has 29 heavy (non-hydrogen) atoms. The molecule has 0 aromatic heterocycles. The number of amides is 1. The maximum Gasteiger partial charge on any atom is 0.340 e. The van der Waals surface area contributed by atoms with Crippen LogP contribution >= 0.6 is 11.6 Å². The van der Waals surface area contributed by atoms with Crippen molar-refractivity contribution in [1.82, 2.24) is 4.31 Å². The highest BCUT2D eigenvalue weighted by molar-refractivity contribution is 7.89. The largest absolute Gasteiger partial charge is 0.449 e. The van der Waals surface area contributed by atoms with Gasteiger partial charge in [-0.2, -0.15) is 0 Å². The van der Waals surface area contributed by atoms with Crippen molar-refractivity contribution >= 4 is 39.2 Å². The molecule has 9 heteroatoms. The van der Waals surface area contributed by atoms with Gasteiger partial charge in [0, 0.05) is 26.3 Å². The van der Waals surface area contributed by atoms with Gasteiger partial charge in [0.2, 0.25) is 10.0 Å². The number of esters is 1. The number of rotatable bonds is 7. The smallest absolute Gasteiger partial charge is 0.340 e. The maximum absolute atomic E-state index is 12.8. The van der Waals surface area contributed by atoms with Crippen LogP contribution in [0.1, 0.15) is 24.2 Å². The molecule has 2 rings (SSSR count). The first-order valence-corrected chi connectivity index (χ1v) is 10.7. The topological polar surface area (TPSA) is 84.0 Å². The number of hydrogen-bond acceptors (Lipinski definition) is 5. The Balaban J connectivity index is 2.24. The minimum absolute atomic E-state index is 0.0303. The number of carbonyl (C=O) groups excluding carboxylic acids is 2. The number of likely N-dealkylation sites (N-methyl/N-ethyl adjacent to an activating group) is 1. The van der Waals surface area contributed by atoms with Crippen molar-refractivity contribution in [2.24, 2.45) is 0 Å². The van der Waals surface area contributed by atoms with Crippen LogP contribution in [-0.2, 0) is 19.6 Å². The van der Waals surface area contributed by atoms with Gasteiger partial charge in [0.1, 0.15) is 0 Å². The second-order valence-electron chi connectivity index (χ2n) is 6.39. The molecule has 0 unspecified atom stereocenters. The van der Waals surface area contributed by atoms with Crippen LogP contribution in [0, 0.1) is 0 Å². The van der Waals surface area contributed by atoms with E-state index in [0.29, 0.717) is 12.2 Å². The van der Waals surface area contributed by atoms with E-state index < -0.39 is 28.0 Å². The van der Waals surface area contributed by atoms with Gasteiger partial charge in [-0.1, -0.05) is 29.8 Å². The molecule has 0 radical (unpaired) electrons. The first-order valence-electron chi connectivity index (χ1n) is 8.89. The summed E-state index contributed by atoms with van der Waals surface area (Å²) in [5, 5.41) is 0.0303. The summed E-state index contributed by atoms with van der Waals surface area (Å²) in [7, 11) is -0.995. The van der Waals surface area contributed by atoms with Crippen LogP contribution in [0.2, 0.25) is 5.02 Å². The van der Waals surface area contributed by atoms with Crippen molar-refractivity contribution in [3.63, 3.8) is 0 Å². The Morgan fingerprint density at radius 2 is 1.72 bits per heavy atom. The van der Waals surface area contributed by atoms with E-state index in [4.69, 9.17) is 16.3 Å². The van der Waals surface area contributed by atoms with Gasteiger partial charge < -0.3 is 9.64 Å². The monoisotopic (exact) mass is 438 g/mol. The van der Waals surface area contributed by atoms with Gasteiger partial charge in [-0.05, 0) is 44.2 Å². The zero-order valence-electron chi connectivity index (χ0n) is 16.6. The van der Waals surface area contributed by atoms with E-state index in [1.807, 2.05) is 13.0 Å². The van der Waals surface area contributed by atoms with Crippen LogP contribution in [0.5, 0.6) is 0 Å². The fourth-order valence-electron chi connectivity index (χ4n) is 2.60. The third kappa shape index (κ3) is 5.14. The number of sulfonamides is 1. The first-order chi connectivity index (χ1) is 13.6. The molecule has 156 valence electrons. The standard InChI is InChI=1S/C20H23ClN2O5S/c1-5-23(15-9-7-6-8-10-15)19(24)14(2)28-20(25)17-13-16(11-12-18(17)21)29(26,27)22(3)4/h6-14H,5H2,1-4H3/t14-/m1/s1. The Morgan fingerprint density at radius 1 is 1.10 bits per heavy atom. The third-order valence-electron chi connectivity index (χ3n) is 4.22. The lowest BCUT2D eigenvalue weighted by Crippen LogP contribution is -2.40. The molecule has 0 aliphatic carbocycles. The van der Waals surface area contributed by atoms with E-state index >= 15 is 0 Å². The van der Waals surface area contributed by atoms with Crippen molar-refractivity contribution in [3.05, 3.63) is 59.1 Å². The molecule has 0 saturated carbocycles. The maximum atomic E-state index is 12.8. The number of ether oxygens (including phenoxy) is 1. The molecule has 1 amide bonds. The highest BCUT2D eigenvalue weighted by atomic mass is 35.5. The number of para-hydroxylation sites is 1. The Labute approximate surface area is 175 Å². The molecule has 0 saturated heterocycles. The molecule has 0 N–H and O–H groups in total. The summed E-state index contributed by atoms with van der Waals surface area (Å²) in [6.45, 7) is 3.66. The second kappa shape index (κ2) is 9.39. The molecule has 0 aliphatic rings. The van der Waals surface area contributed by atoms with Crippen molar-refractivity contribution in [2.45, 2.75) is 24.8 Å². The predicted octanol–water partition coefficient (Wildman–Crippen LogP) is 3.19. The lowest BCUT2D eigenvalue weighted by Gasteiger charge is -2.24. The molecule has 0 fully saturated rings. The Bertz CT molecular complexity index is 993. The van der Waals surface area contributed by atoms with Crippen molar-refractivity contribution in [1.29, 1.82) is 0 Å². The second-order valence-corrected chi connectivity index (χ2v) is 8.95. The molecule has 0 bridgehead atoms. The van der Waals surface area contributed by atoms with E-state index in [2.05, 4.69) is 0 Å². The average Bonchev–Trinajstić information content (AvgIpc) is 2.69. The van der Waals surface area contributed by atoms with Gasteiger partial charge in [-0.3, -0.25) is 4.79 Å². The molecule has 7 nitrogen and oxygen atoms in total. The summed E-state index contributed by atoms with van der Waals surface area (Å²) in [6, 6.07) is 12.8. The van der Waals surface area contributed by atoms with Crippen molar-refractivity contribution < 1.29 is 22.7 Å². The molecular weight excluding hydrogens is 416 g/mol. The summed E-state index contributed by atoms with van der Waals surface area (Å²) in [6.07, 6.45) is -1.09. The Kier molecular flexibility index (Phi) is 7.40. The number of anilines is 1. The lowest BCUT2D eigenvalue weighted by atomic mass is 10.2. The van der Waals surface area contributed by atoms with Crippen molar-refractivity contribution in [2.75, 3.05) is 25.5 Å². The third-order valence-corrected chi connectivity index (χ3v) is 6.36. The number of nitrogens with zero attached hydrogens (tertiary/aromatic N) is 2. The first kappa shape index (κ1) is 22.9. The summed E-state index contributed by atoms with van der Waals surface area (Å²) >= 11 is 6.06. The lowest BCUT2D eigenvalue weighted by molar-refractivity contribution is -0.126. The molecule has 0 aliphatic heterocycles. The molecule has 2 aromatic rings. The average molecular weight is 439 g/mol. The highest BCUT2D eigenvalue weighted by Gasteiger charge is 2.27. The predicted molar refractivity (Wildman–Crippen MR) is 112 cm³/mol. The van der Waals surface area contributed by atoms with Crippen LogP contribution in [0.25, 0.3) is 0 Å². The van der Waals surface area contributed by atoms with Gasteiger partial charge >= 0.3 is 5.97 Å². The molecular formula is C20H23ClN2O5S. The number of hydrogen-bond donors (Lipinski definition) is 0. The fraction of sp³-hybridized carbons (Fsp3) is 0.300. The van der Waals surface area contributed by atoms with Crippen LogP contribution in [-0.4, -0.2) is 51.3 Å². The normalized spacial score (nSPS) is 12.5. The summed E-state index contributed by atoms with van der Waals surface area (Å²) in [5.41, 5.74) is 0.553. The SMILES string of the molecule is CCN(C(=O)[C@@H](C)OC(=O)c1cc(S(=O)(=O)N(C)C)ccc1Cl)c1ccccc1. The van der Waals surface area contributed by atoms with E-state index in [9.17, 15) is 18.0 Å². The summed E-state index contributed by atoms with van der Waals surface area (Å²) < 4.78 is 30.9.